The highest BCUT2D eigenvalue weighted by atomic mass is 35.5. The lowest BCUT2D eigenvalue weighted by atomic mass is 10.00. The van der Waals surface area contributed by atoms with Gasteiger partial charge in [-0.05, 0) is 30.0 Å². The van der Waals surface area contributed by atoms with Crippen LogP contribution >= 0.6 is 35.0 Å². The molecule has 0 fully saturated rings. The summed E-state index contributed by atoms with van der Waals surface area (Å²) in [6.07, 6.45) is 5.87. The standard InChI is InChI=1S/C15H13Cl2N3S/c1-20-8-10(13-11(16)4-3-5-12(13)17)6-9-7-18-15(21-2)19-14(9)20/h3-7H,8H2,1-2H3. The molecule has 0 amide bonds. The average molecular weight is 338 g/mol. The number of benzene rings is 1. The summed E-state index contributed by atoms with van der Waals surface area (Å²) in [5, 5.41) is 2.09. The van der Waals surface area contributed by atoms with Crippen molar-refractivity contribution in [1.82, 2.24) is 9.97 Å². The lowest BCUT2D eigenvalue weighted by molar-refractivity contribution is 0.898. The Hall–Kier alpha value is -1.23. The molecule has 1 aromatic carbocycles. The molecule has 6 heteroatoms. The minimum atomic E-state index is 0.659. The minimum absolute atomic E-state index is 0.659. The fraction of sp³-hybridized carbons (Fsp3) is 0.200. The van der Waals surface area contributed by atoms with Crippen LogP contribution in [0, 0.1) is 0 Å². The molecule has 2 aromatic rings. The summed E-state index contributed by atoms with van der Waals surface area (Å²) in [7, 11) is 2.01. The molecule has 0 N–H and O–H groups in total. The van der Waals surface area contributed by atoms with Gasteiger partial charge in [-0.25, -0.2) is 9.97 Å². The fourth-order valence-electron chi connectivity index (χ4n) is 2.39. The molecule has 0 aliphatic carbocycles. The van der Waals surface area contributed by atoms with Crippen molar-refractivity contribution in [2.24, 2.45) is 0 Å². The monoisotopic (exact) mass is 337 g/mol. The van der Waals surface area contributed by atoms with Crippen LogP contribution in [0.3, 0.4) is 0 Å². The lowest BCUT2D eigenvalue weighted by Crippen LogP contribution is -2.25. The number of likely N-dealkylation sites (N-methyl/N-ethyl adjacent to an activating group) is 1. The number of halogens is 2. The van der Waals surface area contributed by atoms with Crippen LogP contribution in [0.2, 0.25) is 10.0 Å². The van der Waals surface area contributed by atoms with Gasteiger partial charge in [0.15, 0.2) is 5.16 Å². The van der Waals surface area contributed by atoms with E-state index in [0.717, 1.165) is 27.7 Å². The minimum Gasteiger partial charge on any atom is -0.355 e. The van der Waals surface area contributed by atoms with Gasteiger partial charge in [-0.2, -0.15) is 0 Å². The second-order valence-electron chi connectivity index (χ2n) is 4.76. The summed E-state index contributed by atoms with van der Waals surface area (Å²) in [4.78, 5) is 11.0. The first-order chi connectivity index (χ1) is 10.1. The van der Waals surface area contributed by atoms with Crippen LogP contribution in [0.4, 0.5) is 5.82 Å². The van der Waals surface area contributed by atoms with E-state index in [-0.39, 0.29) is 0 Å². The first-order valence-corrected chi connectivity index (χ1v) is 8.35. The van der Waals surface area contributed by atoms with Crippen LogP contribution in [0.25, 0.3) is 11.6 Å². The Kier molecular flexibility index (Phi) is 4.11. The fourth-order valence-corrected chi connectivity index (χ4v) is 3.37. The first-order valence-electron chi connectivity index (χ1n) is 6.37. The molecule has 0 spiro atoms. The molecule has 0 saturated carbocycles. The topological polar surface area (TPSA) is 29.0 Å². The third-order valence-electron chi connectivity index (χ3n) is 3.34. The van der Waals surface area contributed by atoms with Gasteiger partial charge in [0, 0.05) is 41.0 Å². The maximum Gasteiger partial charge on any atom is 0.189 e. The van der Waals surface area contributed by atoms with Gasteiger partial charge in [0.05, 0.1) is 0 Å². The third kappa shape index (κ3) is 2.76. The highest BCUT2D eigenvalue weighted by molar-refractivity contribution is 7.98. The Morgan fingerprint density at radius 2 is 1.95 bits per heavy atom. The molecule has 108 valence electrons. The number of fused-ring (bicyclic) bond motifs is 1. The molecule has 0 atom stereocenters. The van der Waals surface area contributed by atoms with Gasteiger partial charge in [0.2, 0.25) is 0 Å². The van der Waals surface area contributed by atoms with Gasteiger partial charge in [-0.15, -0.1) is 0 Å². The summed E-state index contributed by atoms with van der Waals surface area (Å²) < 4.78 is 0. The van der Waals surface area contributed by atoms with E-state index in [2.05, 4.69) is 20.9 Å². The summed E-state index contributed by atoms with van der Waals surface area (Å²) in [6.45, 7) is 0.710. The second kappa shape index (κ2) is 5.87. The normalized spacial score (nSPS) is 13.9. The number of nitrogens with zero attached hydrogens (tertiary/aromatic N) is 3. The Morgan fingerprint density at radius 3 is 2.62 bits per heavy atom. The summed E-state index contributed by atoms with van der Waals surface area (Å²) in [6, 6.07) is 5.56. The van der Waals surface area contributed by atoms with Crippen LogP contribution in [0.5, 0.6) is 0 Å². The van der Waals surface area contributed by atoms with E-state index in [1.165, 1.54) is 11.8 Å². The van der Waals surface area contributed by atoms with Gasteiger partial charge in [0.25, 0.3) is 0 Å². The number of aromatic nitrogens is 2. The number of anilines is 1. The molecule has 3 rings (SSSR count). The van der Waals surface area contributed by atoms with E-state index in [9.17, 15) is 0 Å². The molecular weight excluding hydrogens is 325 g/mol. The van der Waals surface area contributed by atoms with Gasteiger partial charge < -0.3 is 4.90 Å². The van der Waals surface area contributed by atoms with Crippen LogP contribution in [-0.2, 0) is 0 Å². The molecule has 3 nitrogen and oxygen atoms in total. The number of rotatable bonds is 2. The quantitative estimate of drug-likeness (QED) is 0.596. The SMILES string of the molecule is CSc1ncc2c(n1)N(C)CC(c1c(Cl)cccc1Cl)=C2. The highest BCUT2D eigenvalue weighted by Crippen LogP contribution is 2.37. The molecule has 0 saturated heterocycles. The summed E-state index contributed by atoms with van der Waals surface area (Å²) in [5.74, 6) is 0.932. The van der Waals surface area contributed by atoms with E-state index >= 15 is 0 Å². The maximum absolute atomic E-state index is 6.31. The first kappa shape index (κ1) is 14.7. The number of hydrogen-bond donors (Lipinski definition) is 0. The van der Waals surface area contributed by atoms with Crippen molar-refractivity contribution in [2.45, 2.75) is 5.16 Å². The van der Waals surface area contributed by atoms with Crippen molar-refractivity contribution in [3.63, 3.8) is 0 Å². The Morgan fingerprint density at radius 1 is 1.24 bits per heavy atom. The highest BCUT2D eigenvalue weighted by Gasteiger charge is 2.21. The zero-order valence-corrected chi connectivity index (χ0v) is 13.9. The van der Waals surface area contributed by atoms with Gasteiger partial charge in [0.1, 0.15) is 5.82 Å². The van der Waals surface area contributed by atoms with Gasteiger partial charge >= 0.3 is 0 Å². The third-order valence-corrected chi connectivity index (χ3v) is 4.53. The van der Waals surface area contributed by atoms with Crippen molar-refractivity contribution in [1.29, 1.82) is 0 Å². The number of thioether (sulfide) groups is 1. The molecule has 1 aliphatic rings. The van der Waals surface area contributed by atoms with Crippen LogP contribution in [0.15, 0.2) is 29.6 Å². The smallest absolute Gasteiger partial charge is 0.189 e. The van der Waals surface area contributed by atoms with Gasteiger partial charge in [-0.1, -0.05) is 41.0 Å². The lowest BCUT2D eigenvalue weighted by Gasteiger charge is -2.27. The van der Waals surface area contributed by atoms with Crippen LogP contribution in [-0.4, -0.2) is 29.8 Å². The Balaban J connectivity index is 2.12. The van der Waals surface area contributed by atoms with Crippen LogP contribution < -0.4 is 4.90 Å². The van der Waals surface area contributed by atoms with Crippen molar-refractivity contribution in [2.75, 3.05) is 24.7 Å². The van der Waals surface area contributed by atoms with E-state index in [1.807, 2.05) is 37.7 Å². The van der Waals surface area contributed by atoms with Crippen molar-refractivity contribution < 1.29 is 0 Å². The molecular formula is C15H13Cl2N3S. The van der Waals surface area contributed by atoms with E-state index in [0.29, 0.717) is 16.6 Å². The molecule has 2 heterocycles. The van der Waals surface area contributed by atoms with E-state index < -0.39 is 0 Å². The predicted octanol–water partition coefficient (Wildman–Crippen LogP) is 4.50. The average Bonchev–Trinajstić information content (AvgIpc) is 2.47. The van der Waals surface area contributed by atoms with E-state index in [4.69, 9.17) is 23.2 Å². The Bertz CT molecular complexity index is 711. The predicted molar refractivity (Wildman–Crippen MR) is 91.4 cm³/mol. The molecule has 21 heavy (non-hydrogen) atoms. The Labute approximate surface area is 138 Å². The molecule has 1 aliphatic heterocycles. The second-order valence-corrected chi connectivity index (χ2v) is 6.35. The molecule has 1 aromatic heterocycles. The van der Waals surface area contributed by atoms with Crippen molar-refractivity contribution >= 4 is 52.4 Å². The zero-order valence-electron chi connectivity index (χ0n) is 11.6. The molecule has 0 bridgehead atoms. The van der Waals surface area contributed by atoms with Gasteiger partial charge in [-0.3, -0.25) is 0 Å². The summed E-state index contributed by atoms with van der Waals surface area (Å²) in [5.41, 5.74) is 2.93. The van der Waals surface area contributed by atoms with Crippen LogP contribution in [0.1, 0.15) is 11.1 Å². The van der Waals surface area contributed by atoms with E-state index in [1.54, 1.807) is 0 Å². The zero-order chi connectivity index (χ0) is 15.0. The van der Waals surface area contributed by atoms with Crippen molar-refractivity contribution in [3.05, 3.63) is 45.6 Å². The molecule has 0 radical (unpaired) electrons. The summed E-state index contributed by atoms with van der Waals surface area (Å²) >= 11 is 14.1. The maximum atomic E-state index is 6.31. The number of hydrogen-bond acceptors (Lipinski definition) is 4. The van der Waals surface area contributed by atoms with Crippen molar-refractivity contribution in [3.8, 4) is 0 Å². The largest absolute Gasteiger partial charge is 0.355 e. The molecule has 0 unspecified atom stereocenters.